The van der Waals surface area contributed by atoms with E-state index in [1.54, 1.807) is 0 Å². The van der Waals surface area contributed by atoms with Gasteiger partial charge in [0.25, 0.3) is 0 Å². The van der Waals surface area contributed by atoms with Crippen molar-refractivity contribution in [2.75, 3.05) is 13.2 Å². The Morgan fingerprint density at radius 3 is 2.79 bits per heavy atom. The van der Waals surface area contributed by atoms with Gasteiger partial charge in [-0.25, -0.2) is 4.98 Å². The highest BCUT2D eigenvalue weighted by atomic mass is 16.5. The number of nitrogens with zero attached hydrogens (tertiary/aromatic N) is 2. The van der Waals surface area contributed by atoms with Crippen molar-refractivity contribution in [3.63, 3.8) is 0 Å². The third-order valence-corrected chi connectivity index (χ3v) is 1.95. The molecule has 1 aromatic heterocycles. The molecule has 0 unspecified atom stereocenters. The third-order valence-electron chi connectivity index (χ3n) is 1.95. The fourth-order valence-electron chi connectivity index (χ4n) is 1.29. The average Bonchev–Trinajstić information content (AvgIpc) is 2.21. The number of ether oxygens (including phenoxy) is 1. The van der Waals surface area contributed by atoms with Gasteiger partial charge in [0.15, 0.2) is 0 Å². The molecule has 0 saturated carbocycles. The number of aryl methyl sites for hydroxylation is 1. The van der Waals surface area contributed by atoms with Crippen molar-refractivity contribution in [1.29, 1.82) is 0 Å². The Morgan fingerprint density at radius 2 is 2.21 bits per heavy atom. The maximum Gasteiger partial charge on any atom is 0.316 e. The molecule has 0 spiro atoms. The fourth-order valence-corrected chi connectivity index (χ4v) is 1.29. The SMILES string of the molecule is CCOc1ncc(CCN)c(CC)n1. The van der Waals surface area contributed by atoms with Crippen LogP contribution < -0.4 is 10.5 Å². The minimum atomic E-state index is 0.463. The molecule has 1 aromatic rings. The zero-order valence-corrected chi connectivity index (χ0v) is 8.79. The van der Waals surface area contributed by atoms with E-state index in [0.717, 1.165) is 24.1 Å². The van der Waals surface area contributed by atoms with Crippen molar-refractivity contribution in [1.82, 2.24) is 9.97 Å². The van der Waals surface area contributed by atoms with E-state index in [1.165, 1.54) is 0 Å². The summed E-state index contributed by atoms with van der Waals surface area (Å²) in [6, 6.07) is 0.463. The van der Waals surface area contributed by atoms with Crippen LogP contribution in [0.15, 0.2) is 6.20 Å². The lowest BCUT2D eigenvalue weighted by Crippen LogP contribution is -2.08. The predicted octanol–water partition coefficient (Wildman–Crippen LogP) is 0.939. The Morgan fingerprint density at radius 1 is 1.43 bits per heavy atom. The molecular formula is C10H17N3O. The number of rotatable bonds is 5. The Labute approximate surface area is 84.5 Å². The van der Waals surface area contributed by atoms with Crippen LogP contribution in [0, 0.1) is 0 Å². The highest BCUT2D eigenvalue weighted by Gasteiger charge is 2.05. The number of aromatic nitrogens is 2. The largest absolute Gasteiger partial charge is 0.464 e. The summed E-state index contributed by atoms with van der Waals surface area (Å²) >= 11 is 0. The van der Waals surface area contributed by atoms with E-state index in [1.807, 2.05) is 13.1 Å². The molecule has 0 saturated heterocycles. The first-order chi connectivity index (χ1) is 6.81. The maximum atomic E-state index is 5.49. The molecule has 78 valence electrons. The van der Waals surface area contributed by atoms with Gasteiger partial charge in [0.1, 0.15) is 0 Å². The van der Waals surface area contributed by atoms with E-state index in [0.29, 0.717) is 19.2 Å². The van der Waals surface area contributed by atoms with Crippen LogP contribution in [-0.4, -0.2) is 23.1 Å². The van der Waals surface area contributed by atoms with E-state index in [-0.39, 0.29) is 0 Å². The molecule has 4 nitrogen and oxygen atoms in total. The topological polar surface area (TPSA) is 61.0 Å². The molecule has 1 rings (SSSR count). The number of hydrogen-bond acceptors (Lipinski definition) is 4. The molecule has 0 amide bonds. The second kappa shape index (κ2) is 5.54. The molecule has 0 atom stereocenters. The van der Waals surface area contributed by atoms with Crippen molar-refractivity contribution in [3.8, 4) is 6.01 Å². The zero-order valence-electron chi connectivity index (χ0n) is 8.79. The van der Waals surface area contributed by atoms with Crippen LogP contribution >= 0.6 is 0 Å². The van der Waals surface area contributed by atoms with Gasteiger partial charge in [0.2, 0.25) is 0 Å². The van der Waals surface area contributed by atoms with Crippen molar-refractivity contribution in [2.45, 2.75) is 26.7 Å². The van der Waals surface area contributed by atoms with Gasteiger partial charge in [0, 0.05) is 6.20 Å². The van der Waals surface area contributed by atoms with Gasteiger partial charge in [0.05, 0.1) is 12.3 Å². The summed E-state index contributed by atoms with van der Waals surface area (Å²) in [5.41, 5.74) is 7.65. The van der Waals surface area contributed by atoms with Gasteiger partial charge < -0.3 is 10.5 Å². The van der Waals surface area contributed by atoms with Crippen LogP contribution in [0.5, 0.6) is 6.01 Å². The lowest BCUT2D eigenvalue weighted by Gasteiger charge is -2.07. The molecule has 4 heteroatoms. The fraction of sp³-hybridized carbons (Fsp3) is 0.600. The minimum absolute atomic E-state index is 0.463. The molecule has 14 heavy (non-hydrogen) atoms. The first kappa shape index (κ1) is 10.9. The van der Waals surface area contributed by atoms with Crippen LogP contribution in [0.25, 0.3) is 0 Å². The summed E-state index contributed by atoms with van der Waals surface area (Å²) in [6.45, 7) is 5.21. The summed E-state index contributed by atoms with van der Waals surface area (Å²) < 4.78 is 5.23. The number of hydrogen-bond donors (Lipinski definition) is 1. The van der Waals surface area contributed by atoms with Gasteiger partial charge in [-0.05, 0) is 31.9 Å². The summed E-state index contributed by atoms with van der Waals surface area (Å²) in [6.07, 6.45) is 3.52. The smallest absolute Gasteiger partial charge is 0.316 e. The molecule has 0 aliphatic rings. The molecule has 1 heterocycles. The molecular weight excluding hydrogens is 178 g/mol. The Balaban J connectivity index is 2.87. The maximum absolute atomic E-state index is 5.49. The summed E-state index contributed by atoms with van der Waals surface area (Å²) in [7, 11) is 0. The second-order valence-corrected chi connectivity index (χ2v) is 2.95. The van der Waals surface area contributed by atoms with Crippen LogP contribution in [0.1, 0.15) is 25.1 Å². The third kappa shape index (κ3) is 2.67. The quantitative estimate of drug-likeness (QED) is 0.759. The van der Waals surface area contributed by atoms with Crippen molar-refractivity contribution >= 4 is 0 Å². The van der Waals surface area contributed by atoms with Crippen molar-refractivity contribution in [3.05, 3.63) is 17.5 Å². The van der Waals surface area contributed by atoms with E-state index in [4.69, 9.17) is 10.5 Å². The summed E-state index contributed by atoms with van der Waals surface area (Å²) in [5.74, 6) is 0. The second-order valence-electron chi connectivity index (χ2n) is 2.95. The average molecular weight is 195 g/mol. The van der Waals surface area contributed by atoms with Crippen LogP contribution in [-0.2, 0) is 12.8 Å². The highest BCUT2D eigenvalue weighted by molar-refractivity contribution is 5.19. The predicted molar refractivity (Wildman–Crippen MR) is 55.3 cm³/mol. The normalized spacial score (nSPS) is 10.2. The highest BCUT2D eigenvalue weighted by Crippen LogP contribution is 2.10. The first-order valence-corrected chi connectivity index (χ1v) is 4.99. The minimum Gasteiger partial charge on any atom is -0.464 e. The van der Waals surface area contributed by atoms with Crippen molar-refractivity contribution < 1.29 is 4.74 Å². The zero-order chi connectivity index (χ0) is 10.4. The van der Waals surface area contributed by atoms with Gasteiger partial charge in [-0.3, -0.25) is 0 Å². The van der Waals surface area contributed by atoms with Crippen LogP contribution in [0.3, 0.4) is 0 Å². The molecule has 0 radical (unpaired) electrons. The molecule has 0 bridgehead atoms. The van der Waals surface area contributed by atoms with Gasteiger partial charge in [-0.2, -0.15) is 4.98 Å². The Kier molecular flexibility index (Phi) is 4.32. The first-order valence-electron chi connectivity index (χ1n) is 4.99. The summed E-state index contributed by atoms with van der Waals surface area (Å²) in [5, 5.41) is 0. The van der Waals surface area contributed by atoms with E-state index >= 15 is 0 Å². The van der Waals surface area contributed by atoms with E-state index in [9.17, 15) is 0 Å². The lowest BCUT2D eigenvalue weighted by molar-refractivity contribution is 0.311. The van der Waals surface area contributed by atoms with E-state index in [2.05, 4.69) is 16.9 Å². The monoisotopic (exact) mass is 195 g/mol. The molecule has 0 aromatic carbocycles. The van der Waals surface area contributed by atoms with Crippen molar-refractivity contribution in [2.24, 2.45) is 5.73 Å². The standard InChI is InChI=1S/C10H17N3O/c1-3-9-8(5-6-11)7-12-10(13-9)14-4-2/h7H,3-6,11H2,1-2H3. The van der Waals surface area contributed by atoms with Crippen LogP contribution in [0.2, 0.25) is 0 Å². The van der Waals surface area contributed by atoms with Gasteiger partial charge >= 0.3 is 6.01 Å². The Bertz CT molecular complexity index is 289. The summed E-state index contributed by atoms with van der Waals surface area (Å²) in [4.78, 5) is 8.42. The van der Waals surface area contributed by atoms with Crippen LogP contribution in [0.4, 0.5) is 0 Å². The molecule has 0 fully saturated rings. The molecule has 0 aliphatic heterocycles. The van der Waals surface area contributed by atoms with Gasteiger partial charge in [-0.1, -0.05) is 6.92 Å². The lowest BCUT2D eigenvalue weighted by atomic mass is 10.1. The molecule has 2 N–H and O–H groups in total. The Hall–Kier alpha value is -1.16. The van der Waals surface area contributed by atoms with E-state index < -0.39 is 0 Å². The molecule has 0 aliphatic carbocycles. The number of nitrogens with two attached hydrogens (primary N) is 1. The van der Waals surface area contributed by atoms with Gasteiger partial charge in [-0.15, -0.1) is 0 Å².